The third kappa shape index (κ3) is 5.89. The summed E-state index contributed by atoms with van der Waals surface area (Å²) in [4.78, 5) is 19.0. The van der Waals surface area contributed by atoms with Gasteiger partial charge in [-0.2, -0.15) is 0 Å². The van der Waals surface area contributed by atoms with Gasteiger partial charge in [0.15, 0.2) is 0 Å². The topological polar surface area (TPSA) is 63.7 Å². The number of nitrogens with one attached hydrogen (secondary N) is 1. The predicted octanol–water partition coefficient (Wildman–Crippen LogP) is 3.34. The number of aromatic nitrogens is 1. The molecule has 0 radical (unpaired) electrons. The summed E-state index contributed by atoms with van der Waals surface area (Å²) in [6, 6.07) is 15.8. The van der Waals surface area contributed by atoms with E-state index in [1.165, 1.54) is 6.08 Å². The average Bonchev–Trinajstić information content (AvgIpc) is 3.20. The number of rotatable bonds is 8. The Bertz CT molecular complexity index is 979. The molecule has 0 aliphatic carbocycles. The number of thiazole rings is 1. The number of fused-ring (bicyclic) bond motifs is 1. The van der Waals surface area contributed by atoms with Crippen molar-refractivity contribution in [1.29, 1.82) is 0 Å². The molecule has 0 atom stereocenters. The summed E-state index contributed by atoms with van der Waals surface area (Å²) in [7, 11) is 0. The lowest BCUT2D eigenvalue weighted by molar-refractivity contribution is -0.116. The van der Waals surface area contributed by atoms with E-state index in [1.54, 1.807) is 17.4 Å². The van der Waals surface area contributed by atoms with Gasteiger partial charge in [0.05, 0.1) is 23.4 Å². The van der Waals surface area contributed by atoms with Gasteiger partial charge in [-0.05, 0) is 35.9 Å². The highest BCUT2D eigenvalue weighted by atomic mass is 32.1. The zero-order valence-electron chi connectivity index (χ0n) is 16.8. The molecule has 0 unspecified atom stereocenters. The number of hydrogen-bond donors (Lipinski definition) is 1. The van der Waals surface area contributed by atoms with E-state index < -0.39 is 0 Å². The fourth-order valence-corrected chi connectivity index (χ4v) is 4.09. The summed E-state index contributed by atoms with van der Waals surface area (Å²) >= 11 is 1.57. The van der Waals surface area contributed by atoms with Gasteiger partial charge in [0.1, 0.15) is 17.4 Å². The Labute approximate surface area is 180 Å². The van der Waals surface area contributed by atoms with E-state index in [9.17, 15) is 4.79 Å². The minimum atomic E-state index is -0.145. The molecule has 6 nitrogen and oxygen atoms in total. The summed E-state index contributed by atoms with van der Waals surface area (Å²) in [5.74, 6) is 0.674. The highest BCUT2D eigenvalue weighted by Crippen LogP contribution is 2.22. The molecule has 1 amide bonds. The summed E-state index contributed by atoms with van der Waals surface area (Å²) in [6.45, 7) is 5.48. The van der Waals surface area contributed by atoms with E-state index in [4.69, 9.17) is 9.47 Å². The van der Waals surface area contributed by atoms with Crippen LogP contribution in [0.5, 0.6) is 5.75 Å². The molecule has 1 aliphatic heterocycles. The van der Waals surface area contributed by atoms with Gasteiger partial charge in [-0.15, -0.1) is 11.3 Å². The Kier molecular flexibility index (Phi) is 7.07. The van der Waals surface area contributed by atoms with Gasteiger partial charge in [-0.3, -0.25) is 9.69 Å². The summed E-state index contributed by atoms with van der Waals surface area (Å²) in [6.07, 6.45) is 3.28. The first kappa shape index (κ1) is 20.5. The van der Waals surface area contributed by atoms with Crippen molar-refractivity contribution in [2.75, 3.05) is 39.5 Å². The molecule has 7 heteroatoms. The minimum absolute atomic E-state index is 0.145. The number of carbonyl (C=O) groups is 1. The van der Waals surface area contributed by atoms with Crippen LogP contribution in [0.3, 0.4) is 0 Å². The Morgan fingerprint density at radius 2 is 2.07 bits per heavy atom. The number of nitrogens with zero attached hydrogens (tertiary/aromatic N) is 2. The van der Waals surface area contributed by atoms with Crippen molar-refractivity contribution in [3.8, 4) is 5.75 Å². The second-order valence-corrected chi connectivity index (χ2v) is 8.08. The van der Waals surface area contributed by atoms with Crippen molar-refractivity contribution in [3.05, 3.63) is 65.2 Å². The van der Waals surface area contributed by atoms with Crippen LogP contribution in [0.25, 0.3) is 16.3 Å². The van der Waals surface area contributed by atoms with Gasteiger partial charge in [0.25, 0.3) is 0 Å². The van der Waals surface area contributed by atoms with Gasteiger partial charge in [-0.25, -0.2) is 4.98 Å². The third-order valence-corrected chi connectivity index (χ3v) is 5.83. The molecule has 0 bridgehead atoms. The molecule has 156 valence electrons. The zero-order chi connectivity index (χ0) is 20.6. The van der Waals surface area contributed by atoms with E-state index >= 15 is 0 Å². The molecule has 2 aromatic carbocycles. The van der Waals surface area contributed by atoms with Crippen molar-refractivity contribution in [1.82, 2.24) is 15.2 Å². The average molecular weight is 424 g/mol. The van der Waals surface area contributed by atoms with Gasteiger partial charge >= 0.3 is 0 Å². The van der Waals surface area contributed by atoms with Crippen molar-refractivity contribution in [2.24, 2.45) is 0 Å². The van der Waals surface area contributed by atoms with Crippen LogP contribution in [0.1, 0.15) is 10.6 Å². The molecule has 4 rings (SSSR count). The smallest absolute Gasteiger partial charge is 0.244 e. The number of carbonyl (C=O) groups excluding carboxylic acids is 1. The first-order valence-corrected chi connectivity index (χ1v) is 10.9. The summed E-state index contributed by atoms with van der Waals surface area (Å²) in [5.41, 5.74) is 1.95. The molecule has 3 aromatic rings. The van der Waals surface area contributed by atoms with E-state index in [1.807, 2.05) is 48.5 Å². The number of morpholine rings is 1. The largest absolute Gasteiger partial charge is 0.492 e. The summed E-state index contributed by atoms with van der Waals surface area (Å²) < 4.78 is 12.3. The molecule has 0 saturated carbocycles. The van der Waals surface area contributed by atoms with Crippen LogP contribution in [0.2, 0.25) is 0 Å². The lowest BCUT2D eigenvalue weighted by Gasteiger charge is -2.26. The lowest BCUT2D eigenvalue weighted by atomic mass is 10.2. The van der Waals surface area contributed by atoms with E-state index in [-0.39, 0.29) is 5.91 Å². The van der Waals surface area contributed by atoms with Gasteiger partial charge in [0.2, 0.25) is 5.91 Å². The van der Waals surface area contributed by atoms with E-state index in [0.29, 0.717) is 13.2 Å². The minimum Gasteiger partial charge on any atom is -0.492 e. The first-order chi connectivity index (χ1) is 14.8. The Morgan fingerprint density at radius 3 is 2.93 bits per heavy atom. The molecule has 1 aromatic heterocycles. The second-order valence-electron chi connectivity index (χ2n) is 7.02. The molecular weight excluding hydrogens is 398 g/mol. The Morgan fingerprint density at radius 1 is 1.20 bits per heavy atom. The SMILES string of the molecule is O=C(C=Cc1nc2ccccc2s1)NCc1cccc(OCCN2CCOCC2)c1. The quantitative estimate of drug-likeness (QED) is 0.563. The van der Waals surface area contributed by atoms with Crippen LogP contribution in [0.4, 0.5) is 0 Å². The molecule has 30 heavy (non-hydrogen) atoms. The van der Waals surface area contributed by atoms with Crippen LogP contribution >= 0.6 is 11.3 Å². The van der Waals surface area contributed by atoms with Gasteiger partial charge in [0, 0.05) is 32.3 Å². The second kappa shape index (κ2) is 10.3. The molecule has 1 aliphatic rings. The molecule has 1 N–H and O–H groups in total. The first-order valence-electron chi connectivity index (χ1n) is 10.1. The van der Waals surface area contributed by atoms with E-state index in [0.717, 1.165) is 59.4 Å². The van der Waals surface area contributed by atoms with E-state index in [2.05, 4.69) is 15.2 Å². The third-order valence-electron chi connectivity index (χ3n) is 4.83. The monoisotopic (exact) mass is 423 g/mol. The lowest BCUT2D eigenvalue weighted by Crippen LogP contribution is -2.38. The number of ether oxygens (including phenoxy) is 2. The fourth-order valence-electron chi connectivity index (χ4n) is 3.22. The van der Waals surface area contributed by atoms with Gasteiger partial charge < -0.3 is 14.8 Å². The predicted molar refractivity (Wildman–Crippen MR) is 120 cm³/mol. The maximum atomic E-state index is 12.2. The van der Waals surface area contributed by atoms with Crippen molar-refractivity contribution in [2.45, 2.75) is 6.54 Å². The van der Waals surface area contributed by atoms with Crippen LogP contribution in [-0.4, -0.2) is 55.2 Å². The Hall–Kier alpha value is -2.74. The molecule has 1 fully saturated rings. The van der Waals surface area contributed by atoms with Gasteiger partial charge in [-0.1, -0.05) is 24.3 Å². The van der Waals surface area contributed by atoms with Crippen LogP contribution in [-0.2, 0) is 16.1 Å². The maximum absolute atomic E-state index is 12.2. The van der Waals surface area contributed by atoms with Crippen LogP contribution < -0.4 is 10.1 Å². The number of benzene rings is 2. The maximum Gasteiger partial charge on any atom is 0.244 e. The fraction of sp³-hybridized carbons (Fsp3) is 0.304. The summed E-state index contributed by atoms with van der Waals surface area (Å²) in [5, 5.41) is 3.73. The van der Waals surface area contributed by atoms with Crippen molar-refractivity contribution >= 4 is 33.5 Å². The standard InChI is InChI=1S/C23H25N3O3S/c27-22(8-9-23-25-20-6-1-2-7-21(20)30-23)24-17-18-4-3-5-19(16-18)29-15-12-26-10-13-28-14-11-26/h1-9,16H,10-15,17H2,(H,24,27). The van der Waals surface area contributed by atoms with Crippen molar-refractivity contribution in [3.63, 3.8) is 0 Å². The number of amides is 1. The highest BCUT2D eigenvalue weighted by Gasteiger charge is 2.09. The number of hydrogen-bond acceptors (Lipinski definition) is 6. The highest BCUT2D eigenvalue weighted by molar-refractivity contribution is 7.19. The van der Waals surface area contributed by atoms with Crippen LogP contribution in [0.15, 0.2) is 54.6 Å². The molecule has 2 heterocycles. The van der Waals surface area contributed by atoms with Crippen LogP contribution in [0, 0.1) is 0 Å². The normalized spacial score (nSPS) is 14.9. The molecule has 0 spiro atoms. The number of para-hydroxylation sites is 1. The molecule has 1 saturated heterocycles. The zero-order valence-corrected chi connectivity index (χ0v) is 17.6. The Balaban J connectivity index is 1.23. The molecular formula is C23H25N3O3S. The van der Waals surface area contributed by atoms with Crippen molar-refractivity contribution < 1.29 is 14.3 Å².